The molecule has 12 heteroatoms. The lowest BCUT2D eigenvalue weighted by Gasteiger charge is -2.23. The summed E-state index contributed by atoms with van der Waals surface area (Å²) in [5.41, 5.74) is 5.80. The second kappa shape index (κ2) is 11.2. The van der Waals surface area contributed by atoms with Crippen LogP contribution < -0.4 is 19.2 Å². The number of benzene rings is 2. The highest BCUT2D eigenvalue weighted by Crippen LogP contribution is 2.33. The Balaban J connectivity index is 1.81. The van der Waals surface area contributed by atoms with E-state index in [1.54, 1.807) is 24.3 Å². The van der Waals surface area contributed by atoms with Gasteiger partial charge in [0, 0.05) is 28.0 Å². The summed E-state index contributed by atoms with van der Waals surface area (Å²) in [5, 5.41) is 5.05. The number of aromatic nitrogens is 1. The Kier molecular flexibility index (Phi) is 8.55. The Labute approximate surface area is 220 Å². The van der Waals surface area contributed by atoms with Crippen molar-refractivity contribution in [2.24, 2.45) is 5.10 Å². The number of carbonyl (C=O) groups is 1. The van der Waals surface area contributed by atoms with E-state index in [0.717, 1.165) is 33.2 Å². The zero-order valence-corrected chi connectivity index (χ0v) is 22.7. The number of nitrogens with one attached hydrogen (secondary N) is 1. The molecular weight excluding hydrogens is 527 g/mol. The molecule has 9 nitrogen and oxygen atoms in total. The average Bonchev–Trinajstić information content (AvgIpc) is 3.09. The number of ether oxygens (including phenoxy) is 2. The SMILES string of the molecule is COc1ccc(OC)c(N(CC(=O)N/N=C\c2cc(C)n(-c3ccc(Cl)cc3Cl)c2C)S(C)(=O)=O)c1. The van der Waals surface area contributed by atoms with Gasteiger partial charge in [-0.15, -0.1) is 0 Å². The number of aryl methyl sites for hydroxylation is 1. The third-order valence-electron chi connectivity index (χ3n) is 5.36. The van der Waals surface area contributed by atoms with Crippen molar-refractivity contribution in [3.63, 3.8) is 0 Å². The first-order chi connectivity index (χ1) is 17.0. The summed E-state index contributed by atoms with van der Waals surface area (Å²) in [6, 6.07) is 11.8. The van der Waals surface area contributed by atoms with Crippen LogP contribution in [0, 0.1) is 13.8 Å². The highest BCUT2D eigenvalue weighted by molar-refractivity contribution is 7.92. The third kappa shape index (κ3) is 6.13. The zero-order chi connectivity index (χ0) is 26.6. The summed E-state index contributed by atoms with van der Waals surface area (Å²) in [6.45, 7) is 3.29. The molecule has 2 aromatic carbocycles. The highest BCUT2D eigenvalue weighted by atomic mass is 35.5. The van der Waals surface area contributed by atoms with E-state index in [-0.39, 0.29) is 11.4 Å². The summed E-state index contributed by atoms with van der Waals surface area (Å²) in [4.78, 5) is 12.6. The smallest absolute Gasteiger partial charge is 0.260 e. The molecule has 0 unspecified atom stereocenters. The Morgan fingerprint density at radius 3 is 2.44 bits per heavy atom. The Morgan fingerprint density at radius 2 is 1.83 bits per heavy atom. The van der Waals surface area contributed by atoms with Crippen molar-refractivity contribution in [1.29, 1.82) is 0 Å². The van der Waals surface area contributed by atoms with Crippen LogP contribution >= 0.6 is 23.2 Å². The monoisotopic (exact) mass is 552 g/mol. The zero-order valence-electron chi connectivity index (χ0n) is 20.4. The van der Waals surface area contributed by atoms with Crippen LogP contribution in [0.15, 0.2) is 47.6 Å². The maximum absolute atomic E-state index is 12.6. The van der Waals surface area contributed by atoms with Gasteiger partial charge < -0.3 is 14.0 Å². The first kappa shape index (κ1) is 27.4. The number of hydrogen-bond donors (Lipinski definition) is 1. The number of rotatable bonds is 9. The number of anilines is 1. The third-order valence-corrected chi connectivity index (χ3v) is 7.02. The van der Waals surface area contributed by atoms with Gasteiger partial charge in [0.1, 0.15) is 18.0 Å². The molecule has 0 spiro atoms. The van der Waals surface area contributed by atoms with E-state index in [1.165, 1.54) is 26.5 Å². The second-order valence-electron chi connectivity index (χ2n) is 7.86. The van der Waals surface area contributed by atoms with Gasteiger partial charge in [-0.3, -0.25) is 9.10 Å². The molecule has 192 valence electrons. The average molecular weight is 553 g/mol. The topological polar surface area (TPSA) is 102 Å². The van der Waals surface area contributed by atoms with Crippen molar-refractivity contribution >= 4 is 51.0 Å². The number of hydrazone groups is 1. The minimum atomic E-state index is -3.83. The van der Waals surface area contributed by atoms with E-state index in [2.05, 4.69) is 10.5 Å². The van der Waals surface area contributed by atoms with Crippen LogP contribution in [0.3, 0.4) is 0 Å². The molecular formula is C24H26Cl2N4O5S. The molecule has 0 aliphatic heterocycles. The molecule has 3 aromatic rings. The van der Waals surface area contributed by atoms with Crippen LogP contribution in [0.2, 0.25) is 10.0 Å². The van der Waals surface area contributed by atoms with Crippen LogP contribution in [0.4, 0.5) is 5.69 Å². The molecule has 0 saturated heterocycles. The van der Waals surface area contributed by atoms with Crippen molar-refractivity contribution in [3.05, 3.63) is 69.5 Å². The largest absolute Gasteiger partial charge is 0.497 e. The molecule has 0 radical (unpaired) electrons. The number of nitrogens with zero attached hydrogens (tertiary/aromatic N) is 3. The van der Waals surface area contributed by atoms with Gasteiger partial charge in [0.15, 0.2) is 0 Å². The molecule has 0 atom stereocenters. The van der Waals surface area contributed by atoms with Gasteiger partial charge in [0.25, 0.3) is 5.91 Å². The summed E-state index contributed by atoms with van der Waals surface area (Å²) >= 11 is 12.4. The predicted molar refractivity (Wildman–Crippen MR) is 143 cm³/mol. The van der Waals surface area contributed by atoms with Crippen LogP contribution in [0.5, 0.6) is 11.5 Å². The van der Waals surface area contributed by atoms with Crippen molar-refractivity contribution in [1.82, 2.24) is 9.99 Å². The number of methoxy groups -OCH3 is 2. The molecule has 0 aliphatic rings. The molecule has 0 bridgehead atoms. The number of halogens is 2. The Hall–Kier alpha value is -3.21. The predicted octanol–water partition coefficient (Wildman–Crippen LogP) is 4.33. The molecule has 1 heterocycles. The maximum atomic E-state index is 12.6. The van der Waals surface area contributed by atoms with E-state index < -0.39 is 22.5 Å². The van der Waals surface area contributed by atoms with Crippen molar-refractivity contribution in [3.8, 4) is 17.2 Å². The van der Waals surface area contributed by atoms with Crippen molar-refractivity contribution in [2.75, 3.05) is 31.3 Å². The second-order valence-corrected chi connectivity index (χ2v) is 10.6. The summed E-state index contributed by atoms with van der Waals surface area (Å²) < 4.78 is 38.3. The molecule has 0 fully saturated rings. The molecule has 3 rings (SSSR count). The Bertz CT molecular complexity index is 1420. The molecule has 0 aliphatic carbocycles. The van der Waals surface area contributed by atoms with Gasteiger partial charge in [-0.1, -0.05) is 23.2 Å². The van der Waals surface area contributed by atoms with Crippen LogP contribution in [0.1, 0.15) is 17.0 Å². The van der Waals surface area contributed by atoms with Crippen LogP contribution in [-0.4, -0.2) is 52.1 Å². The van der Waals surface area contributed by atoms with E-state index in [0.29, 0.717) is 15.8 Å². The standard InChI is InChI=1S/C24H26Cl2N4O5S/c1-15-10-17(16(2)30(15)21-8-6-18(25)11-20(21)26)13-27-28-24(31)14-29(36(5,32)33)22-12-19(34-3)7-9-23(22)35-4/h6-13H,14H2,1-5H3,(H,28,31)/b27-13-. The fraction of sp³-hybridized carbons (Fsp3) is 0.250. The minimum Gasteiger partial charge on any atom is -0.497 e. The number of carbonyl (C=O) groups excluding carboxylic acids is 1. The maximum Gasteiger partial charge on any atom is 0.260 e. The van der Waals surface area contributed by atoms with Gasteiger partial charge >= 0.3 is 0 Å². The first-order valence-electron chi connectivity index (χ1n) is 10.6. The lowest BCUT2D eigenvalue weighted by Crippen LogP contribution is -2.39. The van der Waals surface area contributed by atoms with Gasteiger partial charge in [-0.2, -0.15) is 5.10 Å². The minimum absolute atomic E-state index is 0.168. The molecule has 36 heavy (non-hydrogen) atoms. The van der Waals surface area contributed by atoms with Crippen LogP contribution in [0.25, 0.3) is 5.69 Å². The molecule has 1 amide bonds. The first-order valence-corrected chi connectivity index (χ1v) is 13.2. The number of hydrogen-bond acceptors (Lipinski definition) is 6. The van der Waals surface area contributed by atoms with Crippen molar-refractivity contribution in [2.45, 2.75) is 13.8 Å². The van der Waals surface area contributed by atoms with Gasteiger partial charge in [0.2, 0.25) is 10.0 Å². The fourth-order valence-electron chi connectivity index (χ4n) is 3.66. The quantitative estimate of drug-likeness (QED) is 0.314. The van der Waals surface area contributed by atoms with E-state index in [4.69, 9.17) is 32.7 Å². The summed E-state index contributed by atoms with van der Waals surface area (Å²) in [5.74, 6) is 0.0379. The van der Waals surface area contributed by atoms with E-state index >= 15 is 0 Å². The lowest BCUT2D eigenvalue weighted by atomic mass is 10.2. The van der Waals surface area contributed by atoms with Gasteiger partial charge in [0.05, 0.1) is 43.1 Å². The van der Waals surface area contributed by atoms with Gasteiger partial charge in [-0.25, -0.2) is 13.8 Å². The Morgan fingerprint density at radius 1 is 1.11 bits per heavy atom. The molecule has 0 saturated carbocycles. The normalized spacial score (nSPS) is 11.5. The van der Waals surface area contributed by atoms with Crippen molar-refractivity contribution < 1.29 is 22.7 Å². The number of sulfonamides is 1. The molecule has 1 N–H and O–H groups in total. The fourth-order valence-corrected chi connectivity index (χ4v) is 5.01. The van der Waals surface area contributed by atoms with E-state index in [9.17, 15) is 13.2 Å². The van der Waals surface area contributed by atoms with E-state index in [1.807, 2.05) is 30.5 Å². The molecule has 1 aromatic heterocycles. The number of amides is 1. The highest BCUT2D eigenvalue weighted by Gasteiger charge is 2.24. The summed E-state index contributed by atoms with van der Waals surface area (Å²) in [6.07, 6.45) is 2.48. The van der Waals surface area contributed by atoms with Gasteiger partial charge in [-0.05, 0) is 50.2 Å². The summed E-state index contributed by atoms with van der Waals surface area (Å²) in [7, 11) is -0.974. The van der Waals surface area contributed by atoms with Crippen LogP contribution in [-0.2, 0) is 14.8 Å². The lowest BCUT2D eigenvalue weighted by molar-refractivity contribution is -0.119.